The lowest BCUT2D eigenvalue weighted by Crippen LogP contribution is -2.56. The van der Waals surface area contributed by atoms with Crippen LogP contribution in [0.4, 0.5) is 0 Å². The molecule has 4 bridgehead atoms. The van der Waals surface area contributed by atoms with Crippen molar-refractivity contribution in [1.29, 1.82) is 0 Å². The molecule has 1 unspecified atom stereocenters. The number of halogens is 1. The molecule has 1 aromatic heterocycles. The van der Waals surface area contributed by atoms with Gasteiger partial charge < -0.3 is 5.32 Å². The molecule has 1 amide bonds. The highest BCUT2D eigenvalue weighted by molar-refractivity contribution is 14.1. The third-order valence-corrected chi connectivity index (χ3v) is 8.08. The lowest BCUT2D eigenvalue weighted by atomic mass is 9.47. The van der Waals surface area contributed by atoms with Gasteiger partial charge in [0.2, 0.25) is 5.91 Å². The molecule has 5 rings (SSSR count). The molecule has 1 heterocycles. The molecule has 5 heteroatoms. The van der Waals surface area contributed by atoms with Crippen LogP contribution < -0.4 is 5.32 Å². The summed E-state index contributed by atoms with van der Waals surface area (Å²) >= 11 is 2.29. The Morgan fingerprint density at radius 2 is 1.92 bits per heavy atom. The van der Waals surface area contributed by atoms with Crippen molar-refractivity contribution in [3.8, 4) is 0 Å². The molecule has 4 aliphatic carbocycles. The van der Waals surface area contributed by atoms with Gasteiger partial charge in [0, 0.05) is 25.2 Å². The van der Waals surface area contributed by atoms with Gasteiger partial charge in [0.05, 0.1) is 9.26 Å². The first kappa shape index (κ1) is 17.8. The number of aryl methyl sites for hydroxylation is 2. The van der Waals surface area contributed by atoms with Crippen molar-refractivity contribution in [2.75, 3.05) is 0 Å². The fraction of sp³-hybridized carbons (Fsp3) is 0.800. The van der Waals surface area contributed by atoms with E-state index in [2.05, 4.69) is 39.9 Å². The standard InChI is InChI=1S/C20H30IN3O/c1-3-18(20-9-14-6-15(10-20)8-16(7-14)11-20)22-19(25)4-5-24-12-17(21)13(2)23-24/h12,14-16,18H,3-11H2,1-2H3,(H,22,25). The molecule has 138 valence electrons. The van der Waals surface area contributed by atoms with Crippen molar-refractivity contribution in [2.24, 2.45) is 23.2 Å². The summed E-state index contributed by atoms with van der Waals surface area (Å²) in [5, 5.41) is 7.90. The van der Waals surface area contributed by atoms with Crippen LogP contribution in [-0.4, -0.2) is 21.7 Å². The third-order valence-electron chi connectivity index (χ3n) is 7.02. The number of hydrogen-bond donors (Lipinski definition) is 1. The van der Waals surface area contributed by atoms with Crippen molar-refractivity contribution in [3.63, 3.8) is 0 Å². The maximum Gasteiger partial charge on any atom is 0.222 e. The molecular weight excluding hydrogens is 425 g/mol. The van der Waals surface area contributed by atoms with Crippen molar-refractivity contribution in [1.82, 2.24) is 15.1 Å². The van der Waals surface area contributed by atoms with Gasteiger partial charge in [0.25, 0.3) is 0 Å². The van der Waals surface area contributed by atoms with Crippen LogP contribution in [0.2, 0.25) is 0 Å². The number of carbonyl (C=O) groups is 1. The summed E-state index contributed by atoms with van der Waals surface area (Å²) in [6.45, 7) is 4.94. The number of nitrogens with zero attached hydrogens (tertiary/aromatic N) is 2. The van der Waals surface area contributed by atoms with Gasteiger partial charge in [-0.15, -0.1) is 0 Å². The van der Waals surface area contributed by atoms with E-state index in [4.69, 9.17) is 0 Å². The first-order valence-electron chi connectivity index (χ1n) is 9.96. The van der Waals surface area contributed by atoms with Crippen molar-refractivity contribution in [3.05, 3.63) is 15.5 Å². The highest BCUT2D eigenvalue weighted by atomic mass is 127. The molecule has 4 aliphatic rings. The fourth-order valence-corrected chi connectivity index (χ4v) is 6.81. The van der Waals surface area contributed by atoms with Crippen LogP contribution in [0.25, 0.3) is 0 Å². The summed E-state index contributed by atoms with van der Waals surface area (Å²) in [6, 6.07) is 0.368. The van der Waals surface area contributed by atoms with E-state index >= 15 is 0 Å². The first-order chi connectivity index (χ1) is 12.0. The fourth-order valence-electron chi connectivity index (χ4n) is 6.38. The Labute approximate surface area is 164 Å². The summed E-state index contributed by atoms with van der Waals surface area (Å²) in [7, 11) is 0. The van der Waals surface area contributed by atoms with Gasteiger partial charge in [-0.2, -0.15) is 5.10 Å². The van der Waals surface area contributed by atoms with Crippen molar-refractivity contribution < 1.29 is 4.79 Å². The average molecular weight is 455 g/mol. The second-order valence-electron chi connectivity index (χ2n) is 8.88. The van der Waals surface area contributed by atoms with E-state index in [1.165, 1.54) is 38.5 Å². The second-order valence-corrected chi connectivity index (χ2v) is 10.0. The van der Waals surface area contributed by atoms with Crippen LogP contribution in [0.1, 0.15) is 64.0 Å². The minimum atomic E-state index is 0.200. The van der Waals surface area contributed by atoms with E-state index in [0.29, 0.717) is 24.4 Å². The van der Waals surface area contributed by atoms with Crippen molar-refractivity contribution in [2.45, 2.75) is 77.8 Å². The zero-order valence-corrected chi connectivity index (χ0v) is 17.6. The zero-order chi connectivity index (χ0) is 17.6. The van der Waals surface area contributed by atoms with Gasteiger partial charge in [-0.05, 0) is 97.6 Å². The minimum Gasteiger partial charge on any atom is -0.353 e. The molecular formula is C20H30IN3O. The molecule has 1 atom stereocenters. The Hall–Kier alpha value is -0.590. The Morgan fingerprint density at radius 1 is 1.32 bits per heavy atom. The monoisotopic (exact) mass is 455 g/mol. The average Bonchev–Trinajstić information content (AvgIpc) is 2.87. The maximum absolute atomic E-state index is 12.6. The van der Waals surface area contributed by atoms with Crippen LogP contribution in [0.3, 0.4) is 0 Å². The Bertz CT molecular complexity index is 599. The molecule has 0 spiro atoms. The van der Waals surface area contributed by atoms with Gasteiger partial charge in [0.15, 0.2) is 0 Å². The zero-order valence-electron chi connectivity index (χ0n) is 15.4. The molecule has 4 nitrogen and oxygen atoms in total. The smallest absolute Gasteiger partial charge is 0.222 e. The Morgan fingerprint density at radius 3 is 2.40 bits per heavy atom. The second kappa shape index (κ2) is 6.86. The van der Waals surface area contributed by atoms with Gasteiger partial charge >= 0.3 is 0 Å². The summed E-state index contributed by atoms with van der Waals surface area (Å²) in [4.78, 5) is 12.6. The quantitative estimate of drug-likeness (QED) is 0.651. The lowest BCUT2D eigenvalue weighted by molar-refractivity contribution is -0.126. The van der Waals surface area contributed by atoms with Gasteiger partial charge in [-0.1, -0.05) is 6.92 Å². The van der Waals surface area contributed by atoms with E-state index in [1.54, 1.807) is 0 Å². The van der Waals surface area contributed by atoms with E-state index < -0.39 is 0 Å². The number of hydrogen-bond acceptors (Lipinski definition) is 2. The highest BCUT2D eigenvalue weighted by Crippen LogP contribution is 2.61. The van der Waals surface area contributed by atoms with E-state index in [1.807, 2.05) is 17.8 Å². The van der Waals surface area contributed by atoms with Gasteiger partial charge in [0.1, 0.15) is 0 Å². The predicted molar refractivity (Wildman–Crippen MR) is 107 cm³/mol. The minimum absolute atomic E-state index is 0.200. The summed E-state index contributed by atoms with van der Waals surface area (Å²) in [5.74, 6) is 3.01. The summed E-state index contributed by atoms with van der Waals surface area (Å²) in [6.07, 6.45) is 12.1. The SMILES string of the molecule is CCC(NC(=O)CCn1cc(I)c(C)n1)C12CC3CC(CC(C3)C1)C2. The first-order valence-corrected chi connectivity index (χ1v) is 11.0. The summed E-state index contributed by atoms with van der Waals surface area (Å²) in [5.41, 5.74) is 1.44. The molecule has 1 N–H and O–H groups in total. The van der Waals surface area contributed by atoms with E-state index in [9.17, 15) is 4.79 Å². The molecule has 4 saturated carbocycles. The molecule has 0 radical (unpaired) electrons. The van der Waals surface area contributed by atoms with Crippen LogP contribution in [0.5, 0.6) is 0 Å². The Balaban J connectivity index is 1.37. The number of nitrogens with one attached hydrogen (secondary N) is 1. The largest absolute Gasteiger partial charge is 0.353 e. The molecule has 1 aromatic rings. The molecule has 0 aromatic carbocycles. The highest BCUT2D eigenvalue weighted by Gasteiger charge is 2.53. The number of carbonyl (C=O) groups excluding carboxylic acids is 1. The predicted octanol–water partition coefficient (Wildman–Crippen LogP) is 4.30. The topological polar surface area (TPSA) is 46.9 Å². The van der Waals surface area contributed by atoms with Crippen molar-refractivity contribution >= 4 is 28.5 Å². The van der Waals surface area contributed by atoms with Crippen LogP contribution in [0, 0.1) is 33.7 Å². The lowest BCUT2D eigenvalue weighted by Gasteiger charge is -2.59. The van der Waals surface area contributed by atoms with Crippen LogP contribution in [-0.2, 0) is 11.3 Å². The van der Waals surface area contributed by atoms with E-state index in [0.717, 1.165) is 33.4 Å². The van der Waals surface area contributed by atoms with Gasteiger partial charge in [-0.3, -0.25) is 9.48 Å². The summed E-state index contributed by atoms with van der Waals surface area (Å²) < 4.78 is 3.07. The number of amides is 1. The van der Waals surface area contributed by atoms with Gasteiger partial charge in [-0.25, -0.2) is 0 Å². The molecule has 0 aliphatic heterocycles. The molecule has 0 saturated heterocycles. The molecule has 4 fully saturated rings. The van der Waals surface area contributed by atoms with E-state index in [-0.39, 0.29) is 5.91 Å². The number of rotatable bonds is 6. The Kier molecular flexibility index (Phi) is 4.88. The number of aromatic nitrogens is 2. The van der Waals surface area contributed by atoms with Crippen LogP contribution in [0.15, 0.2) is 6.20 Å². The normalized spacial score (nSPS) is 34.3. The maximum atomic E-state index is 12.6. The van der Waals surface area contributed by atoms with Crippen LogP contribution >= 0.6 is 22.6 Å². The third kappa shape index (κ3) is 3.50. The molecule has 25 heavy (non-hydrogen) atoms.